The zero-order valence-corrected chi connectivity index (χ0v) is 14.7. The van der Waals surface area contributed by atoms with Gasteiger partial charge >= 0.3 is 5.97 Å². The van der Waals surface area contributed by atoms with Gasteiger partial charge in [0.1, 0.15) is 28.2 Å². The highest BCUT2D eigenvalue weighted by Crippen LogP contribution is 2.33. The number of hydrogen-bond acceptors (Lipinski definition) is 6. The molecule has 2 aromatic carbocycles. The van der Waals surface area contributed by atoms with Gasteiger partial charge in [0.15, 0.2) is 5.65 Å². The van der Waals surface area contributed by atoms with E-state index in [1.807, 2.05) is 0 Å². The Morgan fingerprint density at radius 1 is 1.11 bits per heavy atom. The van der Waals surface area contributed by atoms with Gasteiger partial charge in [0.2, 0.25) is 0 Å². The predicted molar refractivity (Wildman–Crippen MR) is 103 cm³/mol. The van der Waals surface area contributed by atoms with Crippen molar-refractivity contribution in [3.05, 3.63) is 53.1 Å². The molecule has 4 rings (SSSR count). The number of nitrogens with two attached hydrogens (primary N) is 2. The van der Waals surface area contributed by atoms with E-state index in [2.05, 4.69) is 9.97 Å². The summed E-state index contributed by atoms with van der Waals surface area (Å²) < 4.78 is 1.44. The van der Waals surface area contributed by atoms with Crippen molar-refractivity contribution in [2.75, 3.05) is 5.73 Å². The van der Waals surface area contributed by atoms with E-state index in [1.54, 1.807) is 19.1 Å². The Hall–Kier alpha value is -4.14. The van der Waals surface area contributed by atoms with Crippen LogP contribution in [0.1, 0.15) is 26.3 Å². The van der Waals surface area contributed by atoms with Crippen molar-refractivity contribution in [2.24, 2.45) is 5.73 Å². The number of aryl methyl sites for hydroxylation is 1. The SMILES string of the molecule is Cc1ccc(O)cc1-n1c(N)c(C(N)=O)c2nc3cccc(C(=O)O)c3nc21. The monoisotopic (exact) mass is 377 g/mol. The molecule has 0 spiro atoms. The number of amides is 1. The minimum absolute atomic E-state index is 0.00313. The van der Waals surface area contributed by atoms with Crippen LogP contribution in [-0.2, 0) is 0 Å². The van der Waals surface area contributed by atoms with Gasteiger partial charge in [0, 0.05) is 6.07 Å². The second-order valence-corrected chi connectivity index (χ2v) is 6.30. The van der Waals surface area contributed by atoms with Crippen molar-refractivity contribution in [3.63, 3.8) is 0 Å². The summed E-state index contributed by atoms with van der Waals surface area (Å²) in [5.74, 6) is -1.96. The quantitative estimate of drug-likeness (QED) is 0.425. The molecular formula is C19H15N5O4. The van der Waals surface area contributed by atoms with Gasteiger partial charge < -0.3 is 21.7 Å². The number of nitrogen functional groups attached to an aromatic ring is 1. The Kier molecular flexibility index (Phi) is 3.67. The first-order valence-electron chi connectivity index (χ1n) is 8.23. The predicted octanol–water partition coefficient (Wildman–Crippen LogP) is 1.97. The van der Waals surface area contributed by atoms with Crippen molar-refractivity contribution < 1.29 is 19.8 Å². The lowest BCUT2D eigenvalue weighted by atomic mass is 10.1. The van der Waals surface area contributed by atoms with E-state index < -0.39 is 11.9 Å². The second-order valence-electron chi connectivity index (χ2n) is 6.30. The number of carboxylic acids is 1. The molecule has 0 aliphatic heterocycles. The third kappa shape index (κ3) is 2.41. The number of aromatic hydroxyl groups is 1. The summed E-state index contributed by atoms with van der Waals surface area (Å²) in [6.45, 7) is 1.79. The van der Waals surface area contributed by atoms with Crippen LogP contribution in [0.2, 0.25) is 0 Å². The number of aromatic nitrogens is 3. The molecular weight excluding hydrogens is 362 g/mol. The highest BCUT2D eigenvalue weighted by atomic mass is 16.4. The molecule has 0 aliphatic carbocycles. The zero-order valence-electron chi connectivity index (χ0n) is 14.7. The summed E-state index contributed by atoms with van der Waals surface area (Å²) in [6.07, 6.45) is 0. The number of para-hydroxylation sites is 1. The Labute approximate surface area is 157 Å². The molecule has 0 unspecified atom stereocenters. The summed E-state index contributed by atoms with van der Waals surface area (Å²) in [6, 6.07) is 9.19. The van der Waals surface area contributed by atoms with Crippen LogP contribution in [0.15, 0.2) is 36.4 Å². The fourth-order valence-electron chi connectivity index (χ4n) is 3.24. The molecule has 0 radical (unpaired) electrons. The van der Waals surface area contributed by atoms with Crippen LogP contribution in [-0.4, -0.2) is 36.6 Å². The normalized spacial score (nSPS) is 11.2. The van der Waals surface area contributed by atoms with E-state index >= 15 is 0 Å². The minimum Gasteiger partial charge on any atom is -0.508 e. The number of primary amides is 1. The summed E-state index contributed by atoms with van der Waals surface area (Å²) in [5, 5.41) is 19.4. The fraction of sp³-hybridized carbons (Fsp3) is 0.0526. The Bertz CT molecular complexity index is 1310. The first-order chi connectivity index (χ1) is 13.3. The zero-order chi connectivity index (χ0) is 20.2. The number of phenolic OH excluding ortho intramolecular Hbond substituents is 1. The topological polar surface area (TPSA) is 157 Å². The van der Waals surface area contributed by atoms with E-state index in [0.29, 0.717) is 11.2 Å². The van der Waals surface area contributed by atoms with Crippen LogP contribution in [0.4, 0.5) is 5.82 Å². The van der Waals surface area contributed by atoms with E-state index in [-0.39, 0.29) is 39.4 Å². The standard InChI is InChI=1S/C19H15N5O4/c1-8-5-6-9(25)7-12(8)24-16(20)13(17(21)26)15-18(24)23-14-10(19(27)28)3-2-4-11(14)22-15/h2-7,25H,20H2,1H3,(H2,21,26)(H,27,28). The number of anilines is 1. The molecule has 28 heavy (non-hydrogen) atoms. The Morgan fingerprint density at radius 2 is 1.86 bits per heavy atom. The summed E-state index contributed by atoms with van der Waals surface area (Å²) in [7, 11) is 0. The molecule has 9 heteroatoms. The summed E-state index contributed by atoms with van der Waals surface area (Å²) >= 11 is 0. The van der Waals surface area contributed by atoms with Crippen LogP contribution in [0.25, 0.3) is 27.9 Å². The molecule has 6 N–H and O–H groups in total. The smallest absolute Gasteiger partial charge is 0.337 e. The first-order valence-corrected chi connectivity index (χ1v) is 8.23. The molecule has 0 fully saturated rings. The number of phenols is 1. The molecule has 0 atom stereocenters. The van der Waals surface area contributed by atoms with Crippen LogP contribution in [0.3, 0.4) is 0 Å². The highest BCUT2D eigenvalue weighted by molar-refractivity contribution is 6.11. The van der Waals surface area contributed by atoms with Crippen molar-refractivity contribution in [2.45, 2.75) is 6.92 Å². The highest BCUT2D eigenvalue weighted by Gasteiger charge is 2.25. The molecule has 0 bridgehead atoms. The first kappa shape index (κ1) is 17.3. The van der Waals surface area contributed by atoms with Crippen molar-refractivity contribution in [1.29, 1.82) is 0 Å². The van der Waals surface area contributed by atoms with Crippen LogP contribution < -0.4 is 11.5 Å². The molecule has 140 valence electrons. The molecule has 1 amide bonds. The number of benzene rings is 2. The Balaban J connectivity index is 2.22. The fourth-order valence-corrected chi connectivity index (χ4v) is 3.24. The number of carbonyl (C=O) groups excluding carboxylic acids is 1. The lowest BCUT2D eigenvalue weighted by molar-refractivity contribution is 0.0698. The molecule has 0 saturated carbocycles. The molecule has 0 saturated heterocycles. The third-order valence-electron chi connectivity index (χ3n) is 4.53. The van der Waals surface area contributed by atoms with Crippen molar-refractivity contribution in [3.8, 4) is 11.4 Å². The lowest BCUT2D eigenvalue weighted by Crippen LogP contribution is -2.14. The maximum absolute atomic E-state index is 12.1. The van der Waals surface area contributed by atoms with Gasteiger partial charge in [-0.1, -0.05) is 12.1 Å². The van der Waals surface area contributed by atoms with E-state index in [9.17, 15) is 19.8 Å². The average Bonchev–Trinajstić information content (AvgIpc) is 2.92. The number of rotatable bonds is 3. The average molecular weight is 377 g/mol. The lowest BCUT2D eigenvalue weighted by Gasteiger charge is -2.11. The van der Waals surface area contributed by atoms with Crippen molar-refractivity contribution in [1.82, 2.24) is 14.5 Å². The number of carboxylic acid groups (broad SMARTS) is 1. The minimum atomic E-state index is -1.16. The second kappa shape index (κ2) is 5.95. The van der Waals surface area contributed by atoms with Crippen LogP contribution >= 0.6 is 0 Å². The van der Waals surface area contributed by atoms with Gasteiger partial charge in [-0.3, -0.25) is 9.36 Å². The van der Waals surface area contributed by atoms with Gasteiger partial charge in [-0.15, -0.1) is 0 Å². The van der Waals surface area contributed by atoms with Gasteiger partial charge in [0.25, 0.3) is 5.91 Å². The molecule has 2 heterocycles. The van der Waals surface area contributed by atoms with Crippen LogP contribution in [0, 0.1) is 6.92 Å². The maximum Gasteiger partial charge on any atom is 0.337 e. The summed E-state index contributed by atoms with van der Waals surface area (Å²) in [4.78, 5) is 32.5. The van der Waals surface area contributed by atoms with Crippen LogP contribution in [0.5, 0.6) is 5.75 Å². The molecule has 2 aromatic heterocycles. The van der Waals surface area contributed by atoms with Crippen molar-refractivity contribution >= 4 is 39.9 Å². The van der Waals surface area contributed by atoms with E-state index in [0.717, 1.165) is 5.56 Å². The van der Waals surface area contributed by atoms with E-state index in [1.165, 1.54) is 28.8 Å². The van der Waals surface area contributed by atoms with Gasteiger partial charge in [-0.25, -0.2) is 14.8 Å². The number of fused-ring (bicyclic) bond motifs is 2. The van der Waals surface area contributed by atoms with E-state index in [4.69, 9.17) is 11.5 Å². The maximum atomic E-state index is 12.1. The Morgan fingerprint density at radius 3 is 2.54 bits per heavy atom. The molecule has 0 aliphatic rings. The van der Waals surface area contributed by atoms with Gasteiger partial charge in [0.05, 0.1) is 16.8 Å². The number of carbonyl (C=O) groups is 2. The van der Waals surface area contributed by atoms with Gasteiger partial charge in [-0.05, 0) is 30.7 Å². The number of nitrogens with zero attached hydrogens (tertiary/aromatic N) is 3. The van der Waals surface area contributed by atoms with Gasteiger partial charge in [-0.2, -0.15) is 0 Å². The summed E-state index contributed by atoms with van der Waals surface area (Å²) in [5.41, 5.74) is 13.6. The molecule has 4 aromatic rings. The molecule has 9 nitrogen and oxygen atoms in total. The largest absolute Gasteiger partial charge is 0.508 e. The number of aromatic carboxylic acids is 1. The third-order valence-corrected chi connectivity index (χ3v) is 4.53. The number of hydrogen-bond donors (Lipinski definition) is 4.